The third-order valence-electron chi connectivity index (χ3n) is 5.30. The Morgan fingerprint density at radius 3 is 2.84 bits per heavy atom. The van der Waals surface area contributed by atoms with Gasteiger partial charge in [-0.1, -0.05) is 18.6 Å². The topological polar surface area (TPSA) is 73.2 Å². The Kier molecular flexibility index (Phi) is 6.50. The highest BCUT2D eigenvalue weighted by Gasteiger charge is 2.28. The van der Waals surface area contributed by atoms with E-state index in [0.29, 0.717) is 15.8 Å². The number of carbonyl (C=O) groups excluding carboxylic acids is 1. The molecule has 0 fully saturated rings. The summed E-state index contributed by atoms with van der Waals surface area (Å²) in [5.41, 5.74) is 1.44. The zero-order valence-electron chi connectivity index (χ0n) is 17.2. The number of halogens is 3. The van der Waals surface area contributed by atoms with Crippen LogP contribution in [0.5, 0.6) is 5.75 Å². The first-order valence-corrected chi connectivity index (χ1v) is 11.2. The molecule has 0 atom stereocenters. The van der Waals surface area contributed by atoms with Crippen LogP contribution in [0.15, 0.2) is 35.4 Å². The Labute approximate surface area is 186 Å². The van der Waals surface area contributed by atoms with Gasteiger partial charge in [0.1, 0.15) is 17.1 Å². The maximum atomic E-state index is 13.0. The van der Waals surface area contributed by atoms with Crippen LogP contribution < -0.4 is 15.6 Å². The SMILES string of the molecule is O=C(Cn1cnc2sc3c(c2c1=O)CCCCC3)NCc1cccc(OCC(F)(F)F)c1. The van der Waals surface area contributed by atoms with Gasteiger partial charge in [-0.3, -0.25) is 14.2 Å². The van der Waals surface area contributed by atoms with E-state index in [2.05, 4.69) is 10.3 Å². The van der Waals surface area contributed by atoms with E-state index in [4.69, 9.17) is 4.74 Å². The molecule has 0 radical (unpaired) electrons. The first kappa shape index (κ1) is 22.3. The molecule has 2 aromatic heterocycles. The molecule has 1 aliphatic carbocycles. The molecule has 0 saturated carbocycles. The predicted octanol–water partition coefficient (Wildman–Crippen LogP) is 3.98. The van der Waals surface area contributed by atoms with Gasteiger partial charge in [0.05, 0.1) is 11.7 Å². The van der Waals surface area contributed by atoms with Crippen molar-refractivity contribution in [3.63, 3.8) is 0 Å². The number of nitrogens with zero attached hydrogens (tertiary/aromatic N) is 2. The van der Waals surface area contributed by atoms with Crippen LogP contribution in [0, 0.1) is 0 Å². The number of hydrogen-bond acceptors (Lipinski definition) is 5. The second kappa shape index (κ2) is 9.32. The van der Waals surface area contributed by atoms with Gasteiger partial charge in [-0.15, -0.1) is 11.3 Å². The molecule has 32 heavy (non-hydrogen) atoms. The van der Waals surface area contributed by atoms with Crippen LogP contribution in [0.1, 0.15) is 35.3 Å². The molecule has 2 heterocycles. The lowest BCUT2D eigenvalue weighted by molar-refractivity contribution is -0.153. The van der Waals surface area contributed by atoms with Crippen LogP contribution in [-0.2, 0) is 30.7 Å². The summed E-state index contributed by atoms with van der Waals surface area (Å²) in [6.45, 7) is -1.47. The first-order chi connectivity index (χ1) is 15.3. The highest BCUT2D eigenvalue weighted by molar-refractivity contribution is 7.18. The highest BCUT2D eigenvalue weighted by Crippen LogP contribution is 2.32. The molecule has 0 spiro atoms. The largest absolute Gasteiger partial charge is 0.484 e. The molecule has 1 aromatic carbocycles. The van der Waals surface area contributed by atoms with E-state index in [9.17, 15) is 22.8 Å². The summed E-state index contributed by atoms with van der Waals surface area (Å²) in [5, 5.41) is 3.31. The fourth-order valence-electron chi connectivity index (χ4n) is 3.79. The van der Waals surface area contributed by atoms with E-state index >= 15 is 0 Å². The molecule has 0 saturated heterocycles. The zero-order valence-corrected chi connectivity index (χ0v) is 18.0. The molecule has 1 N–H and O–H groups in total. The lowest BCUT2D eigenvalue weighted by atomic mass is 10.1. The van der Waals surface area contributed by atoms with Crippen molar-refractivity contribution in [2.24, 2.45) is 0 Å². The Morgan fingerprint density at radius 2 is 2.03 bits per heavy atom. The van der Waals surface area contributed by atoms with Crippen molar-refractivity contribution in [3.05, 3.63) is 57.0 Å². The molecular weight excluding hydrogens is 443 g/mol. The minimum atomic E-state index is -4.42. The van der Waals surface area contributed by atoms with Gasteiger partial charge in [0.2, 0.25) is 5.91 Å². The summed E-state index contributed by atoms with van der Waals surface area (Å²) < 4.78 is 43.0. The molecule has 10 heteroatoms. The minimum Gasteiger partial charge on any atom is -0.484 e. The number of aryl methyl sites for hydroxylation is 2. The third-order valence-corrected chi connectivity index (χ3v) is 6.50. The monoisotopic (exact) mass is 465 g/mol. The second-order valence-corrected chi connectivity index (χ2v) is 8.83. The number of hydrogen-bond donors (Lipinski definition) is 1. The summed E-state index contributed by atoms with van der Waals surface area (Å²) in [6, 6.07) is 6.08. The van der Waals surface area contributed by atoms with Crippen LogP contribution in [0.25, 0.3) is 10.2 Å². The van der Waals surface area contributed by atoms with Crippen molar-refractivity contribution in [1.82, 2.24) is 14.9 Å². The predicted molar refractivity (Wildman–Crippen MR) is 115 cm³/mol. The maximum Gasteiger partial charge on any atom is 0.422 e. The van der Waals surface area contributed by atoms with Crippen molar-refractivity contribution < 1.29 is 22.7 Å². The van der Waals surface area contributed by atoms with Crippen molar-refractivity contribution in [2.45, 2.75) is 51.4 Å². The minimum absolute atomic E-state index is 0.0677. The van der Waals surface area contributed by atoms with E-state index < -0.39 is 18.7 Å². The van der Waals surface area contributed by atoms with Crippen LogP contribution in [0.3, 0.4) is 0 Å². The van der Waals surface area contributed by atoms with Gasteiger partial charge in [-0.2, -0.15) is 13.2 Å². The van der Waals surface area contributed by atoms with Crippen molar-refractivity contribution in [2.75, 3.05) is 6.61 Å². The number of ether oxygens (including phenoxy) is 1. The number of amides is 1. The van der Waals surface area contributed by atoms with Gasteiger partial charge in [-0.25, -0.2) is 4.98 Å². The van der Waals surface area contributed by atoms with Gasteiger partial charge in [0, 0.05) is 11.4 Å². The molecule has 0 unspecified atom stereocenters. The average molecular weight is 465 g/mol. The second-order valence-electron chi connectivity index (χ2n) is 7.75. The number of nitrogens with one attached hydrogen (secondary N) is 1. The zero-order chi connectivity index (χ0) is 22.7. The molecule has 0 aliphatic heterocycles. The van der Waals surface area contributed by atoms with E-state index in [1.807, 2.05) is 0 Å². The highest BCUT2D eigenvalue weighted by atomic mass is 32.1. The normalized spacial score (nSPS) is 14.1. The van der Waals surface area contributed by atoms with E-state index in [-0.39, 0.29) is 24.4 Å². The summed E-state index contributed by atoms with van der Waals surface area (Å²) >= 11 is 1.56. The number of thiophene rings is 1. The van der Waals surface area contributed by atoms with Crippen LogP contribution >= 0.6 is 11.3 Å². The lowest BCUT2D eigenvalue weighted by Gasteiger charge is -2.11. The van der Waals surface area contributed by atoms with Crippen molar-refractivity contribution in [1.29, 1.82) is 0 Å². The fraction of sp³-hybridized carbons (Fsp3) is 0.409. The van der Waals surface area contributed by atoms with E-state index in [1.165, 1.54) is 27.9 Å². The molecule has 0 bridgehead atoms. The molecular formula is C22H22F3N3O3S. The smallest absolute Gasteiger partial charge is 0.422 e. The average Bonchev–Trinajstić information content (AvgIpc) is 2.95. The molecule has 4 rings (SSSR count). The van der Waals surface area contributed by atoms with Gasteiger partial charge in [0.25, 0.3) is 5.56 Å². The summed E-state index contributed by atoms with van der Waals surface area (Å²) in [4.78, 5) is 31.8. The Hall–Kier alpha value is -2.88. The first-order valence-electron chi connectivity index (χ1n) is 10.3. The number of fused-ring (bicyclic) bond motifs is 3. The Morgan fingerprint density at radius 1 is 1.22 bits per heavy atom. The van der Waals surface area contributed by atoms with Gasteiger partial charge in [0.15, 0.2) is 6.61 Å². The van der Waals surface area contributed by atoms with Gasteiger partial charge < -0.3 is 10.1 Å². The van der Waals surface area contributed by atoms with Crippen molar-refractivity contribution in [3.8, 4) is 5.75 Å². The quantitative estimate of drug-likeness (QED) is 0.559. The number of aromatic nitrogens is 2. The molecule has 3 aromatic rings. The van der Waals surface area contributed by atoms with E-state index in [1.54, 1.807) is 23.5 Å². The molecule has 1 amide bonds. The van der Waals surface area contributed by atoms with Gasteiger partial charge >= 0.3 is 6.18 Å². The Balaban J connectivity index is 1.42. The Bertz CT molecular complexity index is 1190. The number of rotatable bonds is 6. The molecule has 170 valence electrons. The van der Waals surface area contributed by atoms with E-state index in [0.717, 1.165) is 37.7 Å². The van der Waals surface area contributed by atoms with Gasteiger partial charge in [-0.05, 0) is 48.9 Å². The number of benzene rings is 1. The summed E-state index contributed by atoms with van der Waals surface area (Å²) in [7, 11) is 0. The van der Waals surface area contributed by atoms with Crippen molar-refractivity contribution >= 4 is 27.5 Å². The third kappa shape index (κ3) is 5.29. The summed E-state index contributed by atoms with van der Waals surface area (Å²) in [5.74, 6) is -0.325. The van der Waals surface area contributed by atoms with Crippen LogP contribution in [0.4, 0.5) is 13.2 Å². The fourth-order valence-corrected chi connectivity index (χ4v) is 5.01. The molecule has 1 aliphatic rings. The number of alkyl halides is 3. The molecule has 6 nitrogen and oxygen atoms in total. The number of carbonyl (C=O) groups is 1. The standard InChI is InChI=1S/C22H22F3N3O3S/c23-22(24,25)12-31-15-6-4-5-14(9-15)10-26-18(29)11-28-13-27-20-19(21(28)30)16-7-2-1-3-8-17(16)32-20/h4-6,9,13H,1-3,7-8,10-12H2,(H,26,29). The summed E-state index contributed by atoms with van der Waals surface area (Å²) in [6.07, 6.45) is 2.08. The lowest BCUT2D eigenvalue weighted by Crippen LogP contribution is -2.32. The maximum absolute atomic E-state index is 13.0. The van der Waals surface area contributed by atoms with Crippen LogP contribution in [-0.4, -0.2) is 28.2 Å². The van der Waals surface area contributed by atoms with Crippen LogP contribution in [0.2, 0.25) is 0 Å².